The van der Waals surface area contributed by atoms with Crippen LogP contribution in [-0.4, -0.2) is 11.2 Å². The fourth-order valence-electron chi connectivity index (χ4n) is 8.64. The zero-order valence-corrected chi connectivity index (χ0v) is 20.3. The molecular weight excluding hydrogens is 364 g/mol. The van der Waals surface area contributed by atoms with Gasteiger partial charge in [0.25, 0.3) is 0 Å². The Morgan fingerprint density at radius 3 is 2.63 bits per heavy atom. The zero-order chi connectivity index (χ0) is 21.7. The number of hydrogen-bond acceptors (Lipinski definition) is 1. The summed E-state index contributed by atoms with van der Waals surface area (Å²) in [4.78, 5) is 0. The van der Waals surface area contributed by atoms with Crippen LogP contribution in [0.3, 0.4) is 0 Å². The van der Waals surface area contributed by atoms with E-state index in [9.17, 15) is 5.11 Å². The Balaban J connectivity index is 1.53. The molecule has 0 amide bonds. The van der Waals surface area contributed by atoms with Crippen molar-refractivity contribution in [3.05, 3.63) is 36.0 Å². The first-order valence-corrected chi connectivity index (χ1v) is 12.9. The first kappa shape index (κ1) is 22.4. The molecule has 1 nitrogen and oxygen atoms in total. The van der Waals surface area contributed by atoms with Crippen LogP contribution >= 0.6 is 0 Å². The maximum atomic E-state index is 10.2. The van der Waals surface area contributed by atoms with Gasteiger partial charge in [-0.3, -0.25) is 0 Å². The average molecular weight is 411 g/mol. The lowest BCUT2D eigenvalue weighted by atomic mass is 9.47. The van der Waals surface area contributed by atoms with Gasteiger partial charge < -0.3 is 5.11 Å². The minimum absolute atomic E-state index is 0.0932. The Kier molecular flexibility index (Phi) is 6.17. The molecule has 1 N–H and O–H groups in total. The molecule has 0 bridgehead atoms. The molecule has 30 heavy (non-hydrogen) atoms. The van der Waals surface area contributed by atoms with E-state index in [0.29, 0.717) is 22.7 Å². The van der Waals surface area contributed by atoms with Crippen molar-refractivity contribution in [2.45, 2.75) is 98.5 Å². The van der Waals surface area contributed by atoms with E-state index < -0.39 is 0 Å². The lowest BCUT2D eigenvalue weighted by Crippen LogP contribution is -2.50. The molecule has 0 aliphatic heterocycles. The number of aliphatic hydroxyl groups is 1. The minimum Gasteiger partial charge on any atom is -0.393 e. The van der Waals surface area contributed by atoms with Gasteiger partial charge in [-0.1, -0.05) is 63.6 Å². The number of rotatable bonds is 5. The summed E-state index contributed by atoms with van der Waals surface area (Å²) in [6, 6.07) is 0. The third kappa shape index (κ3) is 3.58. The van der Waals surface area contributed by atoms with Gasteiger partial charge in [0, 0.05) is 0 Å². The van der Waals surface area contributed by atoms with Crippen molar-refractivity contribution in [1.82, 2.24) is 0 Å². The molecule has 3 fully saturated rings. The van der Waals surface area contributed by atoms with Crippen LogP contribution in [0.1, 0.15) is 92.4 Å². The summed E-state index contributed by atoms with van der Waals surface area (Å²) in [7, 11) is 0. The molecule has 0 heterocycles. The largest absolute Gasteiger partial charge is 0.393 e. The highest BCUT2D eigenvalue weighted by Gasteiger charge is 2.58. The second-order valence-corrected chi connectivity index (χ2v) is 12.0. The average Bonchev–Trinajstić information content (AvgIpc) is 3.06. The predicted molar refractivity (Wildman–Crippen MR) is 128 cm³/mol. The molecule has 0 unspecified atom stereocenters. The van der Waals surface area contributed by atoms with Gasteiger partial charge >= 0.3 is 0 Å². The molecule has 4 aliphatic rings. The van der Waals surface area contributed by atoms with Crippen LogP contribution < -0.4 is 0 Å². The molecular formula is C29H46O. The van der Waals surface area contributed by atoms with Gasteiger partial charge in [-0.2, -0.15) is 0 Å². The molecule has 4 aliphatic carbocycles. The van der Waals surface area contributed by atoms with Crippen LogP contribution in [0, 0.1) is 46.3 Å². The molecule has 0 aromatic carbocycles. The SMILES string of the molecule is C=C(C)[C@H](C=C[C@H](C)[C@H]1CC[C@H]2[C@@H]3CC=C4C[C@@H](O)CC[C@]4(C)[C@H]3CC[C@]12C)CC. The Bertz CT molecular complexity index is 716. The van der Waals surface area contributed by atoms with Crippen molar-refractivity contribution in [3.63, 3.8) is 0 Å². The van der Waals surface area contributed by atoms with Crippen LogP contribution in [0.5, 0.6) is 0 Å². The topological polar surface area (TPSA) is 20.2 Å². The van der Waals surface area contributed by atoms with E-state index in [0.717, 1.165) is 42.9 Å². The zero-order valence-electron chi connectivity index (χ0n) is 20.3. The van der Waals surface area contributed by atoms with E-state index in [1.54, 1.807) is 5.57 Å². The second kappa shape index (κ2) is 8.27. The Morgan fingerprint density at radius 2 is 1.93 bits per heavy atom. The molecule has 0 saturated heterocycles. The maximum absolute atomic E-state index is 10.2. The monoisotopic (exact) mass is 410 g/mol. The van der Waals surface area contributed by atoms with E-state index in [1.807, 2.05) is 0 Å². The lowest BCUT2D eigenvalue weighted by Gasteiger charge is -2.58. The number of allylic oxidation sites excluding steroid dienone is 4. The highest BCUT2D eigenvalue weighted by atomic mass is 16.3. The summed E-state index contributed by atoms with van der Waals surface area (Å²) in [6.45, 7) is 16.3. The van der Waals surface area contributed by atoms with Crippen molar-refractivity contribution < 1.29 is 5.11 Å². The number of hydrogen-bond donors (Lipinski definition) is 1. The summed E-state index contributed by atoms with van der Waals surface area (Å²) in [5.74, 6) is 4.64. The van der Waals surface area contributed by atoms with E-state index in [2.05, 4.69) is 59.4 Å². The van der Waals surface area contributed by atoms with E-state index in [1.165, 1.54) is 44.1 Å². The highest BCUT2D eigenvalue weighted by molar-refractivity contribution is 5.25. The Morgan fingerprint density at radius 1 is 1.17 bits per heavy atom. The maximum Gasteiger partial charge on any atom is 0.0577 e. The van der Waals surface area contributed by atoms with Crippen LogP contribution in [-0.2, 0) is 0 Å². The van der Waals surface area contributed by atoms with Crippen LogP contribution in [0.15, 0.2) is 36.0 Å². The van der Waals surface area contributed by atoms with Crippen molar-refractivity contribution in [2.75, 3.05) is 0 Å². The van der Waals surface area contributed by atoms with Crippen molar-refractivity contribution in [1.29, 1.82) is 0 Å². The summed E-state index contributed by atoms with van der Waals surface area (Å²) < 4.78 is 0. The van der Waals surface area contributed by atoms with Crippen LogP contribution in [0.25, 0.3) is 0 Å². The molecule has 0 aromatic rings. The van der Waals surface area contributed by atoms with E-state index >= 15 is 0 Å². The smallest absolute Gasteiger partial charge is 0.0577 e. The van der Waals surface area contributed by atoms with Gasteiger partial charge in [-0.25, -0.2) is 0 Å². The first-order valence-electron chi connectivity index (χ1n) is 12.9. The van der Waals surface area contributed by atoms with Crippen LogP contribution in [0.4, 0.5) is 0 Å². The standard InChI is InChI=1S/C29H46O/c1-7-21(19(2)3)9-8-20(4)25-12-13-26-24-11-10-22-18-23(30)14-16-28(22,5)27(24)15-17-29(25,26)6/h8-10,20-21,23-27,30H,2,7,11-18H2,1,3-6H3/t20-,21-,23-,24-,25+,26-,27-,28-,29+/m0/s1. The molecule has 0 spiro atoms. The van der Waals surface area contributed by atoms with Gasteiger partial charge in [0.1, 0.15) is 0 Å². The van der Waals surface area contributed by atoms with Gasteiger partial charge in [-0.05, 0) is 111 Å². The molecule has 3 saturated carbocycles. The van der Waals surface area contributed by atoms with Crippen molar-refractivity contribution in [3.8, 4) is 0 Å². The quantitative estimate of drug-likeness (QED) is 0.460. The van der Waals surface area contributed by atoms with Crippen LogP contribution in [0.2, 0.25) is 0 Å². The Labute approximate surface area is 186 Å². The van der Waals surface area contributed by atoms with Crippen molar-refractivity contribution >= 4 is 0 Å². The molecule has 1 heteroatoms. The van der Waals surface area contributed by atoms with Crippen molar-refractivity contribution in [2.24, 2.45) is 46.3 Å². The van der Waals surface area contributed by atoms with E-state index in [4.69, 9.17) is 0 Å². The normalized spacial score (nSPS) is 45.3. The van der Waals surface area contributed by atoms with E-state index in [-0.39, 0.29) is 6.10 Å². The molecule has 168 valence electrons. The highest BCUT2D eigenvalue weighted by Crippen LogP contribution is 2.67. The molecule has 9 atom stereocenters. The summed E-state index contributed by atoms with van der Waals surface area (Å²) in [5, 5.41) is 10.2. The Hall–Kier alpha value is -0.820. The third-order valence-electron chi connectivity index (χ3n) is 10.5. The second-order valence-electron chi connectivity index (χ2n) is 12.0. The molecule has 0 aromatic heterocycles. The number of aliphatic hydroxyl groups excluding tert-OH is 1. The summed E-state index contributed by atoms with van der Waals surface area (Å²) in [5.41, 5.74) is 3.77. The van der Waals surface area contributed by atoms with Gasteiger partial charge in [0.05, 0.1) is 6.10 Å². The summed E-state index contributed by atoms with van der Waals surface area (Å²) in [6.07, 6.45) is 18.7. The summed E-state index contributed by atoms with van der Waals surface area (Å²) >= 11 is 0. The fraction of sp³-hybridized carbons (Fsp3) is 0.793. The predicted octanol–water partition coefficient (Wildman–Crippen LogP) is 7.72. The minimum atomic E-state index is -0.0932. The fourth-order valence-corrected chi connectivity index (χ4v) is 8.64. The lowest BCUT2D eigenvalue weighted by molar-refractivity contribution is -0.0540. The van der Waals surface area contributed by atoms with Gasteiger partial charge in [0.2, 0.25) is 0 Å². The van der Waals surface area contributed by atoms with Gasteiger partial charge in [-0.15, -0.1) is 0 Å². The molecule has 4 rings (SSSR count). The third-order valence-corrected chi connectivity index (χ3v) is 10.5. The first-order chi connectivity index (χ1) is 14.2. The molecule has 0 radical (unpaired) electrons. The van der Waals surface area contributed by atoms with Gasteiger partial charge in [0.15, 0.2) is 0 Å². The number of fused-ring (bicyclic) bond motifs is 5.